The van der Waals surface area contributed by atoms with E-state index in [1.54, 1.807) is 19.3 Å². The third-order valence-corrected chi connectivity index (χ3v) is 4.25. The van der Waals surface area contributed by atoms with E-state index in [4.69, 9.17) is 4.42 Å². The van der Waals surface area contributed by atoms with Gasteiger partial charge in [-0.15, -0.1) is 0 Å². The molecule has 0 amide bonds. The van der Waals surface area contributed by atoms with E-state index >= 15 is 0 Å². The second kappa shape index (κ2) is 4.34. The summed E-state index contributed by atoms with van der Waals surface area (Å²) in [7, 11) is -2.00. The summed E-state index contributed by atoms with van der Waals surface area (Å²) in [4.78, 5) is 6.29. The molecular formula is C10H13N3O3S. The largest absolute Gasteiger partial charge is 0.469 e. The third-order valence-electron chi connectivity index (χ3n) is 2.52. The number of aromatic nitrogens is 2. The fourth-order valence-electron chi connectivity index (χ4n) is 1.45. The van der Waals surface area contributed by atoms with Crippen LogP contribution < -0.4 is 0 Å². The summed E-state index contributed by atoms with van der Waals surface area (Å²) < 4.78 is 30.5. The Bertz CT molecular complexity index is 586. The summed E-state index contributed by atoms with van der Waals surface area (Å²) >= 11 is 0. The van der Waals surface area contributed by atoms with Crippen LogP contribution in [0.3, 0.4) is 0 Å². The molecule has 0 radical (unpaired) electrons. The van der Waals surface area contributed by atoms with Gasteiger partial charge in [-0.2, -0.15) is 4.31 Å². The monoisotopic (exact) mass is 255 g/mol. The Morgan fingerprint density at radius 2 is 2.29 bits per heavy atom. The molecule has 92 valence electrons. The standard InChI is InChI=1S/C10H13N3O3S/c1-8-9(3-4-16-8)6-13(2)17(14,15)10-5-11-7-12-10/h3-5,7H,6H2,1-2H3,(H,11,12). The summed E-state index contributed by atoms with van der Waals surface area (Å²) in [6.45, 7) is 2.07. The predicted molar refractivity (Wildman–Crippen MR) is 60.7 cm³/mol. The molecule has 1 N–H and O–H groups in total. The first kappa shape index (κ1) is 11.9. The number of rotatable bonds is 4. The fourth-order valence-corrected chi connectivity index (χ4v) is 2.49. The number of hydrogen-bond donors (Lipinski definition) is 1. The summed E-state index contributed by atoms with van der Waals surface area (Å²) in [6.07, 6.45) is 4.17. The van der Waals surface area contributed by atoms with Gasteiger partial charge in [-0.25, -0.2) is 13.4 Å². The topological polar surface area (TPSA) is 79.2 Å². The van der Waals surface area contributed by atoms with Gasteiger partial charge in [0.25, 0.3) is 10.0 Å². The minimum atomic E-state index is -3.51. The van der Waals surface area contributed by atoms with Crippen molar-refractivity contribution in [2.24, 2.45) is 0 Å². The van der Waals surface area contributed by atoms with Gasteiger partial charge in [0.15, 0.2) is 5.03 Å². The average Bonchev–Trinajstić information content (AvgIpc) is 2.90. The Labute approximate surface area is 99.3 Å². The highest BCUT2D eigenvalue weighted by molar-refractivity contribution is 7.89. The lowest BCUT2D eigenvalue weighted by atomic mass is 10.3. The minimum absolute atomic E-state index is 0.0844. The molecule has 0 aliphatic carbocycles. The van der Waals surface area contributed by atoms with E-state index in [1.807, 2.05) is 0 Å². The maximum atomic E-state index is 12.1. The third kappa shape index (κ3) is 2.25. The molecular weight excluding hydrogens is 242 g/mol. The van der Waals surface area contributed by atoms with E-state index < -0.39 is 10.0 Å². The van der Waals surface area contributed by atoms with Gasteiger partial charge in [0.1, 0.15) is 5.76 Å². The van der Waals surface area contributed by atoms with Gasteiger partial charge in [-0.1, -0.05) is 0 Å². The van der Waals surface area contributed by atoms with Gasteiger partial charge in [0.2, 0.25) is 0 Å². The quantitative estimate of drug-likeness (QED) is 0.888. The number of hydrogen-bond acceptors (Lipinski definition) is 4. The number of aryl methyl sites for hydroxylation is 1. The molecule has 0 aliphatic rings. The Morgan fingerprint density at radius 1 is 1.53 bits per heavy atom. The number of sulfonamides is 1. The molecule has 0 fully saturated rings. The van der Waals surface area contributed by atoms with Crippen molar-refractivity contribution in [3.05, 3.63) is 36.2 Å². The maximum absolute atomic E-state index is 12.1. The second-order valence-corrected chi connectivity index (χ2v) is 5.69. The van der Waals surface area contributed by atoms with Crippen molar-refractivity contribution in [3.8, 4) is 0 Å². The van der Waals surface area contributed by atoms with Crippen molar-refractivity contribution in [2.45, 2.75) is 18.5 Å². The first-order chi connectivity index (χ1) is 8.01. The zero-order valence-corrected chi connectivity index (χ0v) is 10.4. The summed E-state index contributed by atoms with van der Waals surface area (Å²) in [5.41, 5.74) is 0.843. The number of nitrogens with zero attached hydrogens (tertiary/aromatic N) is 2. The molecule has 0 aromatic carbocycles. The van der Waals surface area contributed by atoms with Crippen LogP contribution in [0.15, 0.2) is 34.3 Å². The van der Waals surface area contributed by atoms with Gasteiger partial charge < -0.3 is 9.40 Å². The predicted octanol–water partition coefficient (Wildman–Crippen LogP) is 1.13. The molecule has 0 saturated heterocycles. The highest BCUT2D eigenvalue weighted by atomic mass is 32.2. The lowest BCUT2D eigenvalue weighted by molar-refractivity contribution is 0.457. The number of aromatic amines is 1. The van der Waals surface area contributed by atoms with Crippen LogP contribution >= 0.6 is 0 Å². The first-order valence-corrected chi connectivity index (χ1v) is 6.43. The number of imidazole rings is 1. The maximum Gasteiger partial charge on any atom is 0.260 e. The molecule has 2 rings (SSSR count). The summed E-state index contributed by atoms with van der Waals surface area (Å²) in [5, 5.41) is 0.0844. The zero-order valence-electron chi connectivity index (χ0n) is 9.54. The van der Waals surface area contributed by atoms with Crippen molar-refractivity contribution in [3.63, 3.8) is 0 Å². The van der Waals surface area contributed by atoms with Crippen LogP contribution in [0.1, 0.15) is 11.3 Å². The first-order valence-electron chi connectivity index (χ1n) is 4.99. The van der Waals surface area contributed by atoms with Gasteiger partial charge in [-0.3, -0.25) is 0 Å². The van der Waals surface area contributed by atoms with Crippen LogP contribution in [0, 0.1) is 6.92 Å². The summed E-state index contributed by atoms with van der Waals surface area (Å²) in [6, 6.07) is 1.76. The van der Waals surface area contributed by atoms with Gasteiger partial charge in [0.05, 0.1) is 18.8 Å². The van der Waals surface area contributed by atoms with E-state index in [0.717, 1.165) is 11.3 Å². The molecule has 7 heteroatoms. The number of nitrogens with one attached hydrogen (secondary N) is 1. The molecule has 2 aromatic rings. The Kier molecular flexibility index (Phi) is 3.03. The molecule has 0 aliphatic heterocycles. The van der Waals surface area contributed by atoms with E-state index in [2.05, 4.69) is 9.97 Å². The molecule has 6 nitrogen and oxygen atoms in total. The molecule has 0 unspecified atom stereocenters. The average molecular weight is 255 g/mol. The Morgan fingerprint density at radius 3 is 2.82 bits per heavy atom. The van der Waals surface area contributed by atoms with Crippen molar-refractivity contribution in [1.29, 1.82) is 0 Å². The lowest BCUT2D eigenvalue weighted by Crippen LogP contribution is -2.26. The molecule has 0 saturated carbocycles. The highest BCUT2D eigenvalue weighted by Gasteiger charge is 2.23. The van der Waals surface area contributed by atoms with Gasteiger partial charge >= 0.3 is 0 Å². The molecule has 17 heavy (non-hydrogen) atoms. The number of furan rings is 1. The minimum Gasteiger partial charge on any atom is -0.469 e. The van der Waals surface area contributed by atoms with Crippen LogP contribution in [0.2, 0.25) is 0 Å². The van der Waals surface area contributed by atoms with Crippen molar-refractivity contribution in [1.82, 2.24) is 14.3 Å². The highest BCUT2D eigenvalue weighted by Crippen LogP contribution is 2.16. The Hall–Kier alpha value is -1.60. The van der Waals surface area contributed by atoms with Crippen LogP contribution in [0.25, 0.3) is 0 Å². The van der Waals surface area contributed by atoms with Gasteiger partial charge in [0, 0.05) is 19.2 Å². The molecule has 2 aromatic heterocycles. The second-order valence-electron chi connectivity index (χ2n) is 3.68. The lowest BCUT2D eigenvalue weighted by Gasteiger charge is -2.15. The van der Waals surface area contributed by atoms with E-state index in [0.29, 0.717) is 0 Å². The summed E-state index contributed by atoms with van der Waals surface area (Å²) in [5.74, 6) is 0.719. The smallest absolute Gasteiger partial charge is 0.260 e. The normalized spacial score (nSPS) is 12.2. The zero-order chi connectivity index (χ0) is 12.5. The molecule has 0 spiro atoms. The van der Waals surface area contributed by atoms with E-state index in [-0.39, 0.29) is 11.6 Å². The van der Waals surface area contributed by atoms with Crippen LogP contribution in [0.5, 0.6) is 0 Å². The van der Waals surface area contributed by atoms with Crippen LogP contribution in [-0.4, -0.2) is 29.7 Å². The van der Waals surface area contributed by atoms with E-state index in [9.17, 15) is 8.42 Å². The van der Waals surface area contributed by atoms with Crippen molar-refractivity contribution < 1.29 is 12.8 Å². The molecule has 0 atom stereocenters. The van der Waals surface area contributed by atoms with Crippen molar-refractivity contribution >= 4 is 10.0 Å². The van der Waals surface area contributed by atoms with Gasteiger partial charge in [-0.05, 0) is 13.0 Å². The number of H-pyrrole nitrogens is 1. The molecule has 2 heterocycles. The van der Waals surface area contributed by atoms with E-state index in [1.165, 1.54) is 23.9 Å². The van der Waals surface area contributed by atoms with Crippen molar-refractivity contribution in [2.75, 3.05) is 7.05 Å². The van der Waals surface area contributed by atoms with Crippen LogP contribution in [-0.2, 0) is 16.6 Å². The fraction of sp³-hybridized carbons (Fsp3) is 0.300. The Balaban J connectivity index is 2.22. The molecule has 0 bridgehead atoms. The van der Waals surface area contributed by atoms with Crippen LogP contribution in [0.4, 0.5) is 0 Å². The SMILES string of the molecule is Cc1occc1CN(C)S(=O)(=O)c1cnc[nH]1.